The Hall–Kier alpha value is 0.210. The van der Waals surface area contributed by atoms with Gasteiger partial charge in [-0.3, -0.25) is 0 Å². The molecule has 0 atom stereocenters. The van der Waals surface area contributed by atoms with E-state index < -0.39 is 17.1 Å². The second-order valence-electron chi connectivity index (χ2n) is 1.48. The summed E-state index contributed by atoms with van der Waals surface area (Å²) in [5.41, 5.74) is 0. The predicted octanol–water partition coefficient (Wildman–Crippen LogP) is 3.39. The average Bonchev–Trinajstić information content (AvgIpc) is 1.59. The van der Waals surface area contributed by atoms with Crippen LogP contribution in [0.4, 0.5) is 19.4 Å². The van der Waals surface area contributed by atoms with Crippen molar-refractivity contribution in [3.8, 4) is 0 Å². The molecule has 0 aliphatic rings. The second-order valence-corrected chi connectivity index (χ2v) is 3.79. The Morgan fingerprint density at radius 3 is 1.82 bits per heavy atom. The van der Waals surface area contributed by atoms with E-state index in [-0.39, 0.29) is 5.88 Å². The van der Waals surface area contributed by atoms with Crippen LogP contribution in [-0.2, 0) is 9.22 Å². The fourth-order valence-electron chi connectivity index (χ4n) is 0.156. The van der Waals surface area contributed by atoms with Crippen LogP contribution in [0.2, 0.25) is 0 Å². The lowest BCUT2D eigenvalue weighted by Crippen LogP contribution is -2.12. The molecular weight excluding hydrogens is 219 g/mol. The van der Waals surface area contributed by atoms with Gasteiger partial charge in [-0.05, 0) is 0 Å². The second kappa shape index (κ2) is 2.35. The van der Waals surface area contributed by atoms with E-state index >= 15 is 0 Å². The van der Waals surface area contributed by atoms with Crippen LogP contribution in [0.1, 0.15) is 0 Å². The quantitative estimate of drug-likeness (QED) is 0.239. The molecule has 0 radical (unpaired) electrons. The van der Waals surface area contributed by atoms with E-state index in [1.165, 1.54) is 0 Å². The maximum absolute atomic E-state index is 11.1. The maximum atomic E-state index is 11.1. The lowest BCUT2D eigenvalue weighted by Gasteiger charge is -2.36. The van der Waals surface area contributed by atoms with E-state index in [2.05, 4.69) is 4.89 Å². The Morgan fingerprint density at radius 2 is 1.55 bits per heavy atom. The van der Waals surface area contributed by atoms with E-state index in [4.69, 9.17) is 11.6 Å². The molecule has 0 aromatic carbocycles. The third-order valence-corrected chi connectivity index (χ3v) is 0.845. The lowest BCUT2D eigenvalue weighted by atomic mass is 10.9. The van der Waals surface area contributed by atoms with Gasteiger partial charge in [-0.15, -0.1) is 11.6 Å². The fourth-order valence-corrected chi connectivity index (χ4v) is 0.469. The van der Waals surface area contributed by atoms with Crippen molar-refractivity contribution in [1.82, 2.24) is 0 Å². The maximum Gasteiger partial charge on any atom is 0.422 e. The Balaban J connectivity index is 3.95. The van der Waals surface area contributed by atoms with Crippen LogP contribution < -0.4 is 0 Å². The van der Waals surface area contributed by atoms with Gasteiger partial charge < -0.3 is 0 Å². The van der Waals surface area contributed by atoms with Gasteiger partial charge in [0.2, 0.25) is 0 Å². The number of hydrogen-bond donors (Lipinski definition) is 0. The van der Waals surface area contributed by atoms with Crippen LogP contribution in [0.5, 0.6) is 0 Å². The number of rotatable bonds is 4. The molecule has 0 saturated carbocycles. The molecule has 0 aliphatic heterocycles. The van der Waals surface area contributed by atoms with E-state index in [0.717, 1.165) is 0 Å². The van der Waals surface area contributed by atoms with Crippen molar-refractivity contribution in [2.45, 2.75) is 0 Å². The van der Waals surface area contributed by atoms with Gasteiger partial charge in [0.15, 0.2) is 0 Å². The molecule has 0 bridgehead atoms. The normalized spacial score (nSPS) is 19.1. The van der Waals surface area contributed by atoms with E-state index in [9.17, 15) is 19.4 Å². The minimum Gasteiger partial charge on any atom is -0.216 e. The first-order chi connectivity index (χ1) is 4.54. The molecule has 0 fully saturated rings. The summed E-state index contributed by atoms with van der Waals surface area (Å²) in [6.45, 7) is -0.757. The molecule has 0 amide bonds. The summed E-state index contributed by atoms with van der Waals surface area (Å²) in [4.78, 5) is 3.10. The highest BCUT2D eigenvalue weighted by atomic mass is 35.5. The highest BCUT2D eigenvalue weighted by Gasteiger charge is 2.67. The monoisotopic (exact) mass is 222 g/mol. The minimum absolute atomic E-state index is 0.367. The van der Waals surface area contributed by atoms with Gasteiger partial charge >= 0.3 is 10.5 Å². The molecule has 0 aromatic rings. The molecular formula is C2H4ClF5O2S. The number of alkyl halides is 1. The van der Waals surface area contributed by atoms with Crippen molar-refractivity contribution >= 4 is 22.1 Å². The fraction of sp³-hybridized carbons (Fsp3) is 1.00. The first-order valence-electron chi connectivity index (χ1n) is 2.16. The topological polar surface area (TPSA) is 18.5 Å². The standard InChI is InChI=1S/C2H4ClF5O2S/c3-1-2-9-10-11(4,5,6,7)8/h1-2H2. The summed E-state index contributed by atoms with van der Waals surface area (Å²) < 4.78 is 57.8. The summed E-state index contributed by atoms with van der Waals surface area (Å²) in [6, 6.07) is 0. The van der Waals surface area contributed by atoms with Crippen LogP contribution in [0, 0.1) is 0 Å². The zero-order valence-electron chi connectivity index (χ0n) is 4.91. The van der Waals surface area contributed by atoms with E-state index in [1.807, 2.05) is 4.33 Å². The Morgan fingerprint density at radius 1 is 1.09 bits per heavy atom. The van der Waals surface area contributed by atoms with Crippen LogP contribution in [0.3, 0.4) is 0 Å². The summed E-state index contributed by atoms with van der Waals surface area (Å²) in [5.74, 6) is -0.367. The molecule has 11 heavy (non-hydrogen) atoms. The van der Waals surface area contributed by atoms with Crippen molar-refractivity contribution in [2.75, 3.05) is 12.5 Å². The first-order valence-corrected chi connectivity index (χ1v) is 4.57. The van der Waals surface area contributed by atoms with Crippen molar-refractivity contribution < 1.29 is 28.7 Å². The van der Waals surface area contributed by atoms with Gasteiger partial charge in [0.05, 0.1) is 6.61 Å². The molecule has 0 N–H and O–H groups in total. The van der Waals surface area contributed by atoms with Crippen LogP contribution in [-0.4, -0.2) is 12.5 Å². The third-order valence-electron chi connectivity index (χ3n) is 0.337. The Kier molecular flexibility index (Phi) is 2.39. The SMILES string of the molecule is FS(F)(F)(F)(F)OOCCCl. The molecule has 0 unspecified atom stereocenters. The Bertz CT molecular complexity index is 139. The summed E-state index contributed by atoms with van der Waals surface area (Å²) in [7, 11) is -9.86. The van der Waals surface area contributed by atoms with Crippen molar-refractivity contribution in [3.63, 3.8) is 0 Å². The molecule has 9 heteroatoms. The molecule has 72 valence electrons. The van der Waals surface area contributed by atoms with Gasteiger partial charge in [-0.2, -0.15) is 0 Å². The highest BCUT2D eigenvalue weighted by molar-refractivity contribution is 8.42. The molecule has 0 aromatic heterocycles. The summed E-state index contributed by atoms with van der Waals surface area (Å²) in [6.07, 6.45) is 0. The van der Waals surface area contributed by atoms with Crippen molar-refractivity contribution in [1.29, 1.82) is 0 Å². The first kappa shape index (κ1) is 11.2. The molecule has 0 rings (SSSR count). The smallest absolute Gasteiger partial charge is 0.216 e. The molecule has 0 heterocycles. The molecule has 0 aliphatic carbocycles. The van der Waals surface area contributed by atoms with Gasteiger partial charge in [0.1, 0.15) is 0 Å². The van der Waals surface area contributed by atoms with Crippen LogP contribution in [0.25, 0.3) is 0 Å². The Labute approximate surface area is 64.1 Å². The van der Waals surface area contributed by atoms with Crippen molar-refractivity contribution in [2.24, 2.45) is 0 Å². The lowest BCUT2D eigenvalue weighted by molar-refractivity contribution is -0.229. The third kappa shape index (κ3) is 10.2. The highest BCUT2D eigenvalue weighted by Crippen LogP contribution is 2.98. The predicted molar refractivity (Wildman–Crippen MR) is 30.9 cm³/mol. The van der Waals surface area contributed by atoms with Crippen molar-refractivity contribution in [3.05, 3.63) is 0 Å². The zero-order chi connectivity index (χ0) is 9.24. The van der Waals surface area contributed by atoms with Crippen LogP contribution in [0.15, 0.2) is 0 Å². The van der Waals surface area contributed by atoms with Crippen LogP contribution >= 0.6 is 22.1 Å². The average molecular weight is 223 g/mol. The zero-order valence-corrected chi connectivity index (χ0v) is 6.48. The van der Waals surface area contributed by atoms with Gasteiger partial charge in [-0.25, -0.2) is 4.89 Å². The molecule has 2 nitrogen and oxygen atoms in total. The van der Waals surface area contributed by atoms with Gasteiger partial charge in [-0.1, -0.05) is 23.8 Å². The summed E-state index contributed by atoms with van der Waals surface area (Å²) in [5, 5.41) is 0. The minimum atomic E-state index is -9.86. The number of halogens is 6. The molecule has 0 saturated heterocycles. The van der Waals surface area contributed by atoms with E-state index in [1.54, 1.807) is 0 Å². The van der Waals surface area contributed by atoms with Gasteiger partial charge in [0.25, 0.3) is 0 Å². The van der Waals surface area contributed by atoms with Gasteiger partial charge in [0, 0.05) is 5.88 Å². The van der Waals surface area contributed by atoms with E-state index in [0.29, 0.717) is 0 Å². The summed E-state index contributed by atoms with van der Waals surface area (Å²) >= 11 is 4.82. The number of hydrogen-bond acceptors (Lipinski definition) is 2. The molecule has 0 spiro atoms. The largest absolute Gasteiger partial charge is 0.422 e.